The molecule has 1 atom stereocenters. The Morgan fingerprint density at radius 3 is 2.76 bits per heavy atom. The summed E-state index contributed by atoms with van der Waals surface area (Å²) in [6.07, 6.45) is 3.24. The van der Waals surface area contributed by atoms with Crippen molar-refractivity contribution in [3.8, 4) is 0 Å². The van der Waals surface area contributed by atoms with Crippen molar-refractivity contribution in [3.63, 3.8) is 0 Å². The standard InChI is InChI=1S/C19H17NO5/c21-14-10-16(25-15-5-2-1-4-13(14)15)18(22)20-11-19(23,12-7-8-12)17-6-3-9-24-17/h1-6,9-10,12,23H,7-8,11H2,(H,20,22)/t19-/m0/s1. The van der Waals surface area contributed by atoms with Crippen LogP contribution in [-0.4, -0.2) is 17.6 Å². The minimum Gasteiger partial charge on any atom is -0.466 e. The Morgan fingerprint density at radius 2 is 2.04 bits per heavy atom. The van der Waals surface area contributed by atoms with Crippen molar-refractivity contribution in [2.75, 3.05) is 6.54 Å². The molecule has 0 aliphatic heterocycles. The maximum Gasteiger partial charge on any atom is 0.287 e. The van der Waals surface area contributed by atoms with Crippen LogP contribution in [0, 0.1) is 5.92 Å². The first-order valence-electron chi connectivity index (χ1n) is 8.15. The topological polar surface area (TPSA) is 92.7 Å². The third-order valence-corrected chi connectivity index (χ3v) is 4.58. The van der Waals surface area contributed by atoms with Crippen LogP contribution in [0.25, 0.3) is 11.0 Å². The fourth-order valence-corrected chi connectivity index (χ4v) is 3.04. The van der Waals surface area contributed by atoms with Crippen LogP contribution in [0.15, 0.2) is 62.4 Å². The van der Waals surface area contributed by atoms with Gasteiger partial charge in [-0.2, -0.15) is 0 Å². The zero-order chi connectivity index (χ0) is 17.4. The molecule has 1 aromatic carbocycles. The average molecular weight is 339 g/mol. The Bertz CT molecular complexity index is 971. The van der Waals surface area contributed by atoms with Crippen molar-refractivity contribution in [1.82, 2.24) is 5.32 Å². The number of fused-ring (bicyclic) bond motifs is 1. The number of rotatable bonds is 5. The summed E-state index contributed by atoms with van der Waals surface area (Å²) >= 11 is 0. The first-order valence-corrected chi connectivity index (χ1v) is 8.15. The lowest BCUT2D eigenvalue weighted by molar-refractivity contribution is -0.00631. The number of nitrogens with one attached hydrogen (secondary N) is 1. The molecule has 0 unspecified atom stereocenters. The molecule has 2 heterocycles. The third-order valence-electron chi connectivity index (χ3n) is 4.58. The molecule has 3 aromatic rings. The second-order valence-corrected chi connectivity index (χ2v) is 6.33. The van der Waals surface area contributed by atoms with E-state index in [0.29, 0.717) is 16.7 Å². The van der Waals surface area contributed by atoms with Crippen molar-refractivity contribution in [2.24, 2.45) is 5.92 Å². The number of hydrogen-bond acceptors (Lipinski definition) is 5. The number of carbonyl (C=O) groups excluding carboxylic acids is 1. The van der Waals surface area contributed by atoms with Gasteiger partial charge >= 0.3 is 0 Å². The predicted molar refractivity (Wildman–Crippen MR) is 90.1 cm³/mol. The number of benzene rings is 1. The first-order chi connectivity index (χ1) is 12.1. The van der Waals surface area contributed by atoms with E-state index >= 15 is 0 Å². The number of aliphatic hydroxyl groups is 1. The molecule has 1 aliphatic carbocycles. The van der Waals surface area contributed by atoms with Crippen LogP contribution >= 0.6 is 0 Å². The number of hydrogen-bond donors (Lipinski definition) is 2. The zero-order valence-electron chi connectivity index (χ0n) is 13.4. The lowest BCUT2D eigenvalue weighted by Crippen LogP contribution is -2.42. The van der Waals surface area contributed by atoms with Gasteiger partial charge in [-0.3, -0.25) is 9.59 Å². The smallest absolute Gasteiger partial charge is 0.287 e. The third kappa shape index (κ3) is 2.85. The summed E-state index contributed by atoms with van der Waals surface area (Å²) in [4.78, 5) is 24.5. The molecule has 1 saturated carbocycles. The van der Waals surface area contributed by atoms with Crippen LogP contribution in [0.3, 0.4) is 0 Å². The van der Waals surface area contributed by atoms with E-state index in [9.17, 15) is 14.7 Å². The largest absolute Gasteiger partial charge is 0.466 e. The van der Waals surface area contributed by atoms with Crippen molar-refractivity contribution >= 4 is 16.9 Å². The monoisotopic (exact) mass is 339 g/mol. The van der Waals surface area contributed by atoms with Gasteiger partial charge in [-0.25, -0.2) is 0 Å². The van der Waals surface area contributed by atoms with Gasteiger partial charge in [-0.1, -0.05) is 12.1 Å². The van der Waals surface area contributed by atoms with Gasteiger partial charge in [-0.05, 0) is 43.0 Å². The van der Waals surface area contributed by atoms with Crippen LogP contribution in [0.1, 0.15) is 29.2 Å². The molecule has 4 rings (SSSR count). The quantitative estimate of drug-likeness (QED) is 0.745. The first kappa shape index (κ1) is 15.7. The van der Waals surface area contributed by atoms with Crippen LogP contribution in [0.4, 0.5) is 0 Å². The summed E-state index contributed by atoms with van der Waals surface area (Å²) in [6, 6.07) is 11.3. The lowest BCUT2D eigenvalue weighted by atomic mass is 9.94. The van der Waals surface area contributed by atoms with E-state index in [1.807, 2.05) is 0 Å². The molecule has 25 heavy (non-hydrogen) atoms. The normalized spacial score (nSPS) is 16.5. The summed E-state index contributed by atoms with van der Waals surface area (Å²) in [5, 5.41) is 14.0. The highest BCUT2D eigenvalue weighted by molar-refractivity contribution is 5.93. The summed E-state index contributed by atoms with van der Waals surface area (Å²) in [5.41, 5.74) is -1.19. The second-order valence-electron chi connectivity index (χ2n) is 6.33. The van der Waals surface area contributed by atoms with E-state index in [2.05, 4.69) is 5.32 Å². The molecule has 2 aromatic heterocycles. The Kier molecular flexibility index (Phi) is 3.69. The average Bonchev–Trinajstić information content (AvgIpc) is 3.34. The molecule has 0 spiro atoms. The molecule has 0 saturated heterocycles. The van der Waals surface area contributed by atoms with Crippen molar-refractivity contribution in [2.45, 2.75) is 18.4 Å². The SMILES string of the molecule is O=C(NC[C@@](O)(c1ccco1)C1CC1)c1cc(=O)c2ccccc2o1. The molecule has 6 nitrogen and oxygen atoms in total. The molecular weight excluding hydrogens is 322 g/mol. The van der Waals surface area contributed by atoms with Gasteiger partial charge in [0.15, 0.2) is 11.2 Å². The number of carbonyl (C=O) groups is 1. The van der Waals surface area contributed by atoms with Gasteiger partial charge in [0.25, 0.3) is 5.91 Å². The summed E-state index contributed by atoms with van der Waals surface area (Å²) in [7, 11) is 0. The number of furan rings is 1. The fraction of sp³-hybridized carbons (Fsp3) is 0.263. The Balaban J connectivity index is 1.57. The zero-order valence-corrected chi connectivity index (χ0v) is 13.4. The summed E-state index contributed by atoms with van der Waals surface area (Å²) in [5.74, 6) is -0.160. The summed E-state index contributed by atoms with van der Waals surface area (Å²) in [6.45, 7) is -0.0133. The van der Waals surface area contributed by atoms with Crippen LogP contribution in [0.5, 0.6) is 0 Å². The molecule has 1 aliphatic rings. The van der Waals surface area contributed by atoms with Gasteiger partial charge in [0.2, 0.25) is 0 Å². The number of amides is 1. The maximum absolute atomic E-state index is 12.4. The lowest BCUT2D eigenvalue weighted by Gasteiger charge is -2.26. The van der Waals surface area contributed by atoms with Crippen LogP contribution in [0.2, 0.25) is 0 Å². The fourth-order valence-electron chi connectivity index (χ4n) is 3.04. The molecular formula is C19H17NO5. The van der Waals surface area contributed by atoms with E-state index in [4.69, 9.17) is 8.83 Å². The Labute approximate surface area is 143 Å². The molecule has 1 amide bonds. The molecule has 6 heteroatoms. The summed E-state index contributed by atoms with van der Waals surface area (Å²) < 4.78 is 10.9. The second kappa shape index (κ2) is 5.89. The van der Waals surface area contributed by atoms with Crippen LogP contribution < -0.4 is 10.7 Å². The maximum atomic E-state index is 12.4. The Morgan fingerprint density at radius 1 is 1.24 bits per heavy atom. The molecule has 0 bridgehead atoms. The van der Waals surface area contributed by atoms with E-state index in [1.165, 1.54) is 12.3 Å². The minimum atomic E-state index is -1.25. The van der Waals surface area contributed by atoms with Gasteiger partial charge in [0.05, 0.1) is 18.2 Å². The van der Waals surface area contributed by atoms with Crippen LogP contribution in [-0.2, 0) is 5.60 Å². The minimum absolute atomic E-state index is 0.0133. The van der Waals surface area contributed by atoms with E-state index in [1.54, 1.807) is 36.4 Å². The molecule has 128 valence electrons. The molecule has 1 fully saturated rings. The predicted octanol–water partition coefficient (Wildman–Crippen LogP) is 2.41. The number of para-hydroxylation sites is 1. The van der Waals surface area contributed by atoms with Gasteiger partial charge in [0, 0.05) is 6.07 Å². The van der Waals surface area contributed by atoms with E-state index in [-0.39, 0.29) is 23.7 Å². The highest BCUT2D eigenvalue weighted by Crippen LogP contribution is 2.45. The van der Waals surface area contributed by atoms with Gasteiger partial charge in [-0.15, -0.1) is 0 Å². The van der Waals surface area contributed by atoms with Gasteiger partial charge < -0.3 is 19.3 Å². The van der Waals surface area contributed by atoms with E-state index < -0.39 is 11.5 Å². The highest BCUT2D eigenvalue weighted by atomic mass is 16.4. The molecule has 0 radical (unpaired) electrons. The highest BCUT2D eigenvalue weighted by Gasteiger charge is 2.47. The molecule has 2 N–H and O–H groups in total. The van der Waals surface area contributed by atoms with Crippen molar-refractivity contribution < 1.29 is 18.7 Å². The Hall–Kier alpha value is -2.86. The van der Waals surface area contributed by atoms with Gasteiger partial charge in [0.1, 0.15) is 16.9 Å². The van der Waals surface area contributed by atoms with E-state index in [0.717, 1.165) is 12.8 Å². The van der Waals surface area contributed by atoms with Crippen molar-refractivity contribution in [3.05, 3.63) is 70.5 Å². The van der Waals surface area contributed by atoms with Crippen molar-refractivity contribution in [1.29, 1.82) is 0 Å².